The molecule has 2 heterocycles. The number of amides is 1. The molecule has 3 rings (SSSR count). The Bertz CT molecular complexity index is 784. The third-order valence-corrected chi connectivity index (χ3v) is 4.03. The fourth-order valence-electron chi connectivity index (χ4n) is 2.65. The van der Waals surface area contributed by atoms with Gasteiger partial charge in [-0.1, -0.05) is 0 Å². The van der Waals surface area contributed by atoms with E-state index in [0.717, 1.165) is 37.4 Å². The lowest BCUT2D eigenvalue weighted by Gasteiger charge is -2.27. The summed E-state index contributed by atoms with van der Waals surface area (Å²) in [6.07, 6.45) is 0. The van der Waals surface area contributed by atoms with E-state index in [2.05, 4.69) is 20.6 Å². The molecule has 0 radical (unpaired) electrons. The normalized spacial score (nSPS) is 15.1. The van der Waals surface area contributed by atoms with Gasteiger partial charge in [0, 0.05) is 45.3 Å². The van der Waals surface area contributed by atoms with Crippen molar-refractivity contribution in [3.05, 3.63) is 58.3 Å². The second kappa shape index (κ2) is 8.00. The van der Waals surface area contributed by atoms with E-state index in [1.165, 1.54) is 36.4 Å². The summed E-state index contributed by atoms with van der Waals surface area (Å²) in [5.41, 5.74) is 0.162. The van der Waals surface area contributed by atoms with Gasteiger partial charge in [-0.25, -0.2) is 4.39 Å². The van der Waals surface area contributed by atoms with E-state index in [-0.39, 0.29) is 17.2 Å². The number of halogens is 1. The van der Waals surface area contributed by atoms with E-state index >= 15 is 0 Å². The zero-order valence-electron chi connectivity index (χ0n) is 13.7. The van der Waals surface area contributed by atoms with Crippen LogP contribution in [0.25, 0.3) is 5.69 Å². The molecular formula is C17H20FN5O2. The monoisotopic (exact) mass is 345 g/mol. The maximum Gasteiger partial charge on any atom is 0.271 e. The summed E-state index contributed by atoms with van der Waals surface area (Å²) >= 11 is 0. The van der Waals surface area contributed by atoms with Gasteiger partial charge in [0.05, 0.1) is 5.69 Å². The Hall–Kier alpha value is -2.58. The van der Waals surface area contributed by atoms with Crippen LogP contribution in [0.4, 0.5) is 4.39 Å². The lowest BCUT2D eigenvalue weighted by molar-refractivity contribution is 0.0940. The molecule has 0 aliphatic carbocycles. The van der Waals surface area contributed by atoms with Gasteiger partial charge in [0.2, 0.25) is 0 Å². The lowest BCUT2D eigenvalue weighted by atomic mass is 10.3. The molecule has 0 spiro atoms. The number of nitrogens with zero attached hydrogens (tertiary/aromatic N) is 3. The molecule has 1 aliphatic rings. The van der Waals surface area contributed by atoms with Crippen LogP contribution in [0.3, 0.4) is 0 Å². The maximum atomic E-state index is 13.0. The highest BCUT2D eigenvalue weighted by atomic mass is 19.1. The Morgan fingerprint density at radius 2 is 1.88 bits per heavy atom. The highest BCUT2D eigenvalue weighted by molar-refractivity contribution is 5.92. The summed E-state index contributed by atoms with van der Waals surface area (Å²) in [5, 5.41) is 10.2. The fourth-order valence-corrected chi connectivity index (χ4v) is 2.65. The molecule has 1 aromatic heterocycles. The van der Waals surface area contributed by atoms with Crippen molar-refractivity contribution < 1.29 is 9.18 Å². The Kier molecular flexibility index (Phi) is 5.52. The quantitative estimate of drug-likeness (QED) is 0.798. The first-order chi connectivity index (χ1) is 12.1. The minimum Gasteiger partial charge on any atom is -0.349 e. The minimum absolute atomic E-state index is 0.143. The molecule has 7 nitrogen and oxygen atoms in total. The van der Waals surface area contributed by atoms with Crippen molar-refractivity contribution in [1.82, 2.24) is 25.3 Å². The van der Waals surface area contributed by atoms with E-state index in [4.69, 9.17) is 0 Å². The van der Waals surface area contributed by atoms with Gasteiger partial charge in [0.15, 0.2) is 0 Å². The molecule has 8 heteroatoms. The number of hydrogen-bond donors (Lipinski definition) is 2. The summed E-state index contributed by atoms with van der Waals surface area (Å²) < 4.78 is 14.1. The third kappa shape index (κ3) is 4.49. The Balaban J connectivity index is 1.65. The third-order valence-electron chi connectivity index (χ3n) is 4.03. The number of rotatable bonds is 5. The van der Waals surface area contributed by atoms with E-state index in [1.54, 1.807) is 0 Å². The molecule has 1 saturated heterocycles. The predicted molar refractivity (Wildman–Crippen MR) is 91.4 cm³/mol. The van der Waals surface area contributed by atoms with Gasteiger partial charge in [-0.2, -0.15) is 9.78 Å². The first-order valence-electron chi connectivity index (χ1n) is 8.21. The molecule has 1 fully saturated rings. The van der Waals surface area contributed by atoms with Crippen molar-refractivity contribution in [2.75, 3.05) is 39.3 Å². The second-order valence-corrected chi connectivity index (χ2v) is 5.79. The fraction of sp³-hybridized carbons (Fsp3) is 0.353. The van der Waals surface area contributed by atoms with Gasteiger partial charge >= 0.3 is 0 Å². The van der Waals surface area contributed by atoms with E-state index in [9.17, 15) is 14.0 Å². The summed E-state index contributed by atoms with van der Waals surface area (Å²) in [5.74, 6) is -0.746. The average molecular weight is 345 g/mol. The molecule has 0 saturated carbocycles. The van der Waals surface area contributed by atoms with Crippen LogP contribution in [0.2, 0.25) is 0 Å². The summed E-state index contributed by atoms with van der Waals surface area (Å²) in [6.45, 7) is 5.12. The summed E-state index contributed by atoms with van der Waals surface area (Å²) in [4.78, 5) is 26.5. The molecule has 1 amide bonds. The van der Waals surface area contributed by atoms with E-state index < -0.39 is 5.82 Å². The van der Waals surface area contributed by atoms with Crippen molar-refractivity contribution in [2.45, 2.75) is 0 Å². The van der Waals surface area contributed by atoms with Crippen LogP contribution < -0.4 is 16.2 Å². The van der Waals surface area contributed by atoms with Crippen molar-refractivity contribution in [1.29, 1.82) is 0 Å². The number of nitrogens with one attached hydrogen (secondary N) is 2. The standard InChI is InChI=1S/C17H20FN5O2/c18-13-1-3-14(4-2-13)23-16(24)6-5-15(21-23)17(25)20-9-12-22-10-7-19-8-11-22/h1-6,19H,7-12H2,(H,20,25). The molecule has 1 aromatic carbocycles. The molecule has 25 heavy (non-hydrogen) atoms. The number of hydrogen-bond acceptors (Lipinski definition) is 5. The molecule has 0 unspecified atom stereocenters. The van der Waals surface area contributed by atoms with Crippen LogP contribution in [0.15, 0.2) is 41.2 Å². The van der Waals surface area contributed by atoms with Gasteiger partial charge in [-0.05, 0) is 30.3 Å². The molecule has 2 N–H and O–H groups in total. The van der Waals surface area contributed by atoms with Crippen molar-refractivity contribution in [2.24, 2.45) is 0 Å². The molecule has 1 aliphatic heterocycles. The van der Waals surface area contributed by atoms with Gasteiger partial charge < -0.3 is 10.6 Å². The largest absolute Gasteiger partial charge is 0.349 e. The molecule has 0 atom stereocenters. The topological polar surface area (TPSA) is 79.3 Å². The number of piperazine rings is 1. The highest BCUT2D eigenvalue weighted by Gasteiger charge is 2.12. The number of benzene rings is 1. The summed E-state index contributed by atoms with van der Waals surface area (Å²) in [6, 6.07) is 8.03. The van der Waals surface area contributed by atoms with Crippen LogP contribution in [0.1, 0.15) is 10.5 Å². The van der Waals surface area contributed by atoms with E-state index in [0.29, 0.717) is 12.2 Å². The first-order valence-corrected chi connectivity index (χ1v) is 8.21. The Labute approximate surface area is 144 Å². The zero-order valence-corrected chi connectivity index (χ0v) is 13.7. The zero-order chi connectivity index (χ0) is 17.6. The Morgan fingerprint density at radius 3 is 2.60 bits per heavy atom. The molecular weight excluding hydrogens is 325 g/mol. The van der Waals surface area contributed by atoms with E-state index in [1.807, 2.05) is 0 Å². The molecule has 2 aromatic rings. The maximum absolute atomic E-state index is 13.0. The van der Waals surface area contributed by atoms with Crippen LogP contribution in [-0.4, -0.2) is 59.9 Å². The minimum atomic E-state index is -0.404. The van der Waals surface area contributed by atoms with Crippen LogP contribution in [0, 0.1) is 5.82 Å². The second-order valence-electron chi connectivity index (χ2n) is 5.79. The van der Waals surface area contributed by atoms with Crippen LogP contribution in [0.5, 0.6) is 0 Å². The van der Waals surface area contributed by atoms with Gasteiger partial charge in [-0.3, -0.25) is 14.5 Å². The SMILES string of the molecule is O=C(NCCN1CCNCC1)c1ccc(=O)n(-c2ccc(F)cc2)n1. The smallest absolute Gasteiger partial charge is 0.271 e. The Morgan fingerprint density at radius 1 is 1.16 bits per heavy atom. The highest BCUT2D eigenvalue weighted by Crippen LogP contribution is 2.05. The number of carbonyl (C=O) groups is 1. The number of aromatic nitrogens is 2. The van der Waals surface area contributed by atoms with Crippen LogP contribution in [-0.2, 0) is 0 Å². The van der Waals surface area contributed by atoms with Gasteiger partial charge in [0.25, 0.3) is 11.5 Å². The van der Waals surface area contributed by atoms with Crippen molar-refractivity contribution in [3.8, 4) is 5.69 Å². The average Bonchev–Trinajstić information content (AvgIpc) is 2.64. The summed E-state index contributed by atoms with van der Waals surface area (Å²) in [7, 11) is 0. The lowest BCUT2D eigenvalue weighted by Crippen LogP contribution is -2.46. The van der Waals surface area contributed by atoms with Gasteiger partial charge in [-0.15, -0.1) is 0 Å². The van der Waals surface area contributed by atoms with Crippen molar-refractivity contribution in [3.63, 3.8) is 0 Å². The predicted octanol–water partition coefficient (Wildman–Crippen LogP) is 0.00660. The number of carbonyl (C=O) groups excluding carboxylic acids is 1. The van der Waals surface area contributed by atoms with Gasteiger partial charge in [0.1, 0.15) is 11.5 Å². The van der Waals surface area contributed by atoms with Crippen molar-refractivity contribution >= 4 is 5.91 Å². The van der Waals surface area contributed by atoms with Crippen LogP contribution >= 0.6 is 0 Å². The molecule has 132 valence electrons. The first kappa shape index (κ1) is 17.2. The molecule has 0 bridgehead atoms.